The van der Waals surface area contributed by atoms with Crippen LogP contribution in [-0.2, 0) is 4.43 Å². The predicted molar refractivity (Wildman–Crippen MR) is 123 cm³/mol. The predicted octanol–water partition coefficient (Wildman–Crippen LogP) is 8.08. The molecule has 0 aliphatic heterocycles. The molecule has 0 bridgehead atoms. The monoisotopic (exact) mass is 392 g/mol. The highest BCUT2D eigenvalue weighted by Crippen LogP contribution is 2.59. The molecule has 2 aliphatic carbocycles. The van der Waals surface area contributed by atoms with Crippen molar-refractivity contribution in [3.8, 4) is 0 Å². The Balaban J connectivity index is 2.13. The molecule has 0 aromatic heterocycles. The van der Waals surface area contributed by atoms with Gasteiger partial charge in [-0.1, -0.05) is 74.0 Å². The number of allylic oxidation sites excluding steroid dienone is 2. The molecule has 6 unspecified atom stereocenters. The summed E-state index contributed by atoms with van der Waals surface area (Å²) in [5.41, 5.74) is 0.489. The highest BCUT2D eigenvalue weighted by Gasteiger charge is 2.53. The van der Waals surface area contributed by atoms with E-state index in [-0.39, 0.29) is 0 Å². The van der Waals surface area contributed by atoms with Crippen molar-refractivity contribution in [3.63, 3.8) is 0 Å². The van der Waals surface area contributed by atoms with Crippen LogP contribution in [-0.4, -0.2) is 14.4 Å². The average Bonchev–Trinajstić information content (AvgIpc) is 3.01. The molecule has 0 radical (unpaired) electrons. The molecule has 2 heteroatoms. The second kappa shape index (κ2) is 9.61. The fourth-order valence-corrected chi connectivity index (χ4v) is 9.12. The van der Waals surface area contributed by atoms with Crippen molar-refractivity contribution in [1.82, 2.24) is 0 Å². The van der Waals surface area contributed by atoms with E-state index in [1.807, 2.05) is 0 Å². The molecule has 0 aromatic carbocycles. The van der Waals surface area contributed by atoms with Gasteiger partial charge in [0.2, 0.25) is 0 Å². The van der Waals surface area contributed by atoms with E-state index in [1.54, 1.807) is 0 Å². The van der Waals surface area contributed by atoms with E-state index in [2.05, 4.69) is 67.5 Å². The van der Waals surface area contributed by atoms with Crippen LogP contribution in [0.5, 0.6) is 0 Å². The second-order valence-electron chi connectivity index (χ2n) is 10.4. The summed E-state index contributed by atoms with van der Waals surface area (Å²) in [7, 11) is -1.50. The lowest BCUT2D eigenvalue weighted by Crippen LogP contribution is -2.48. The van der Waals surface area contributed by atoms with E-state index in [0.29, 0.717) is 23.4 Å². The van der Waals surface area contributed by atoms with Crippen molar-refractivity contribution in [3.05, 3.63) is 12.2 Å². The van der Waals surface area contributed by atoms with Crippen molar-refractivity contribution in [2.24, 2.45) is 35.0 Å². The van der Waals surface area contributed by atoms with Crippen molar-refractivity contribution >= 4 is 8.32 Å². The first kappa shape index (κ1) is 23.2. The SMILES string of the molecule is CC[Si](CC)(CC)OC1CCCC2(C)C(C(C)/C=C/C(C)C(C)C)CCC12. The van der Waals surface area contributed by atoms with Crippen LogP contribution >= 0.6 is 0 Å². The molecule has 158 valence electrons. The molecular formula is C25H48OSi. The Kier molecular flexibility index (Phi) is 8.26. The van der Waals surface area contributed by atoms with Gasteiger partial charge in [-0.25, -0.2) is 0 Å². The molecule has 27 heavy (non-hydrogen) atoms. The van der Waals surface area contributed by atoms with Gasteiger partial charge in [0.15, 0.2) is 8.32 Å². The van der Waals surface area contributed by atoms with Crippen LogP contribution in [0.2, 0.25) is 18.1 Å². The van der Waals surface area contributed by atoms with Crippen molar-refractivity contribution < 1.29 is 4.43 Å². The summed E-state index contributed by atoms with van der Waals surface area (Å²) in [4.78, 5) is 0. The van der Waals surface area contributed by atoms with E-state index in [0.717, 1.165) is 17.8 Å². The molecule has 6 atom stereocenters. The van der Waals surface area contributed by atoms with Crippen LogP contribution in [0.25, 0.3) is 0 Å². The lowest BCUT2D eigenvalue weighted by Gasteiger charge is -2.48. The Hall–Kier alpha value is -0.0831. The molecule has 2 rings (SSSR count). The molecule has 2 saturated carbocycles. The van der Waals surface area contributed by atoms with Crippen LogP contribution < -0.4 is 0 Å². The van der Waals surface area contributed by atoms with E-state index in [9.17, 15) is 0 Å². The maximum atomic E-state index is 7.08. The van der Waals surface area contributed by atoms with Gasteiger partial charge in [-0.05, 0) is 78.8 Å². The first-order chi connectivity index (χ1) is 12.7. The molecule has 0 heterocycles. The van der Waals surface area contributed by atoms with Gasteiger partial charge in [0.05, 0.1) is 0 Å². The van der Waals surface area contributed by atoms with Crippen molar-refractivity contribution in [1.29, 1.82) is 0 Å². The van der Waals surface area contributed by atoms with Gasteiger partial charge in [0.25, 0.3) is 0 Å². The zero-order valence-corrected chi connectivity index (χ0v) is 20.7. The summed E-state index contributed by atoms with van der Waals surface area (Å²) >= 11 is 0. The molecule has 2 fully saturated rings. The fourth-order valence-electron chi connectivity index (χ4n) is 6.19. The minimum atomic E-state index is -1.50. The van der Waals surface area contributed by atoms with Crippen LogP contribution in [0.4, 0.5) is 0 Å². The van der Waals surface area contributed by atoms with Crippen LogP contribution in [0.15, 0.2) is 12.2 Å². The van der Waals surface area contributed by atoms with Gasteiger partial charge < -0.3 is 4.43 Å². The zero-order chi connectivity index (χ0) is 20.2. The minimum absolute atomic E-state index is 0.489. The molecule has 0 amide bonds. The number of hydrogen-bond donors (Lipinski definition) is 0. The minimum Gasteiger partial charge on any atom is -0.414 e. The van der Waals surface area contributed by atoms with Crippen LogP contribution in [0, 0.1) is 35.0 Å². The third kappa shape index (κ3) is 4.92. The van der Waals surface area contributed by atoms with E-state index in [1.165, 1.54) is 50.2 Å². The third-order valence-corrected chi connectivity index (χ3v) is 13.5. The maximum absolute atomic E-state index is 7.08. The normalized spacial score (nSPS) is 34.2. The van der Waals surface area contributed by atoms with Crippen molar-refractivity contribution in [2.75, 3.05) is 0 Å². The average molecular weight is 393 g/mol. The van der Waals surface area contributed by atoms with Crippen molar-refractivity contribution in [2.45, 2.75) is 112 Å². The standard InChI is InChI=1S/C25H48OSi/c1-9-27(10-2,11-3)26-24-13-12-18-25(8)22(16-17-23(24)25)21(7)15-14-20(6)19(4)5/h14-15,19-24H,9-13,16-18H2,1-8H3/b15-14+. The van der Waals surface area contributed by atoms with E-state index < -0.39 is 8.32 Å². The molecule has 0 saturated heterocycles. The molecule has 2 aliphatic rings. The van der Waals surface area contributed by atoms with Gasteiger partial charge in [-0.2, -0.15) is 0 Å². The van der Waals surface area contributed by atoms with Gasteiger partial charge in [-0.3, -0.25) is 0 Å². The van der Waals surface area contributed by atoms with Crippen LogP contribution in [0.3, 0.4) is 0 Å². The highest BCUT2D eigenvalue weighted by atomic mass is 28.4. The van der Waals surface area contributed by atoms with Crippen LogP contribution in [0.1, 0.15) is 87.5 Å². The molecule has 1 nitrogen and oxygen atoms in total. The molecule has 0 aromatic rings. The van der Waals surface area contributed by atoms with Gasteiger partial charge >= 0.3 is 0 Å². The first-order valence-electron chi connectivity index (χ1n) is 12.1. The smallest absolute Gasteiger partial charge is 0.192 e. The Morgan fingerprint density at radius 1 is 0.963 bits per heavy atom. The van der Waals surface area contributed by atoms with Gasteiger partial charge in [0.1, 0.15) is 0 Å². The third-order valence-electron chi connectivity index (χ3n) is 8.87. The first-order valence-corrected chi connectivity index (χ1v) is 14.6. The summed E-state index contributed by atoms with van der Waals surface area (Å²) in [6.45, 7) is 19.3. The number of fused-ring (bicyclic) bond motifs is 1. The summed E-state index contributed by atoms with van der Waals surface area (Å²) in [6.07, 6.45) is 12.5. The molecule has 0 N–H and O–H groups in total. The number of rotatable bonds is 9. The quantitative estimate of drug-likeness (QED) is 0.284. The Labute approximate surface area is 171 Å². The van der Waals surface area contributed by atoms with Gasteiger partial charge in [0, 0.05) is 6.10 Å². The summed E-state index contributed by atoms with van der Waals surface area (Å²) in [6, 6.07) is 3.86. The summed E-state index contributed by atoms with van der Waals surface area (Å²) < 4.78 is 7.08. The largest absolute Gasteiger partial charge is 0.414 e. The molecule has 0 spiro atoms. The van der Waals surface area contributed by atoms with E-state index in [4.69, 9.17) is 4.43 Å². The number of hydrogen-bond acceptors (Lipinski definition) is 1. The topological polar surface area (TPSA) is 9.23 Å². The highest BCUT2D eigenvalue weighted by molar-refractivity contribution is 6.73. The lowest BCUT2D eigenvalue weighted by molar-refractivity contribution is -0.0153. The Morgan fingerprint density at radius 3 is 2.15 bits per heavy atom. The zero-order valence-electron chi connectivity index (χ0n) is 19.7. The summed E-state index contributed by atoms with van der Waals surface area (Å²) in [5.74, 6) is 3.76. The van der Waals surface area contributed by atoms with Gasteiger partial charge in [-0.15, -0.1) is 0 Å². The molecular weight excluding hydrogens is 344 g/mol. The lowest BCUT2D eigenvalue weighted by atomic mass is 9.62. The van der Waals surface area contributed by atoms with E-state index >= 15 is 0 Å². The Morgan fingerprint density at radius 2 is 1.59 bits per heavy atom. The fraction of sp³-hybridized carbons (Fsp3) is 0.920. The summed E-state index contributed by atoms with van der Waals surface area (Å²) in [5, 5.41) is 0. The Bertz CT molecular complexity index is 472. The second-order valence-corrected chi connectivity index (χ2v) is 15.2. The maximum Gasteiger partial charge on any atom is 0.192 e.